The summed E-state index contributed by atoms with van der Waals surface area (Å²) < 4.78 is 38.9. The summed E-state index contributed by atoms with van der Waals surface area (Å²) >= 11 is 0. The molecule has 0 N–H and O–H groups in total. The zero-order valence-electron chi connectivity index (χ0n) is 18.4. The molecular formula is C26H29F2NO3. The van der Waals surface area contributed by atoms with E-state index in [2.05, 4.69) is 6.92 Å². The van der Waals surface area contributed by atoms with Gasteiger partial charge in [-0.3, -0.25) is 0 Å². The molecule has 170 valence electrons. The molecule has 2 aromatic rings. The van der Waals surface area contributed by atoms with Crippen molar-refractivity contribution in [2.24, 2.45) is 11.8 Å². The van der Waals surface area contributed by atoms with Crippen molar-refractivity contribution < 1.29 is 23.0 Å². The second kappa shape index (κ2) is 11.6. The molecule has 1 fully saturated rings. The van der Waals surface area contributed by atoms with E-state index in [9.17, 15) is 13.6 Å². The Kier molecular flexibility index (Phi) is 8.61. The second-order valence-corrected chi connectivity index (χ2v) is 8.48. The van der Waals surface area contributed by atoms with E-state index >= 15 is 0 Å². The van der Waals surface area contributed by atoms with Gasteiger partial charge in [-0.25, -0.2) is 13.6 Å². The first-order chi connectivity index (χ1) is 15.5. The normalized spacial score (nSPS) is 18.1. The quantitative estimate of drug-likeness (QED) is 0.243. The first-order valence-electron chi connectivity index (χ1n) is 11.3. The average Bonchev–Trinajstić information content (AvgIpc) is 2.79. The van der Waals surface area contributed by atoms with Gasteiger partial charge in [0.1, 0.15) is 29.2 Å². The van der Waals surface area contributed by atoms with Gasteiger partial charge in [-0.2, -0.15) is 5.26 Å². The van der Waals surface area contributed by atoms with E-state index in [1.54, 1.807) is 6.07 Å². The van der Waals surface area contributed by atoms with E-state index in [-0.39, 0.29) is 16.9 Å². The molecule has 0 heterocycles. The van der Waals surface area contributed by atoms with Crippen LogP contribution in [-0.4, -0.2) is 12.6 Å². The van der Waals surface area contributed by atoms with Gasteiger partial charge in [-0.1, -0.05) is 45.4 Å². The van der Waals surface area contributed by atoms with Gasteiger partial charge in [0, 0.05) is 12.1 Å². The van der Waals surface area contributed by atoms with Crippen LogP contribution in [0.4, 0.5) is 8.78 Å². The van der Waals surface area contributed by atoms with E-state index in [1.807, 2.05) is 0 Å². The van der Waals surface area contributed by atoms with Gasteiger partial charge >= 0.3 is 5.97 Å². The van der Waals surface area contributed by atoms with Crippen molar-refractivity contribution in [3.63, 3.8) is 0 Å². The zero-order chi connectivity index (χ0) is 22.9. The Bertz CT molecular complexity index is 962. The van der Waals surface area contributed by atoms with Crippen molar-refractivity contribution in [1.29, 1.82) is 5.26 Å². The highest BCUT2D eigenvalue weighted by atomic mass is 19.1. The van der Waals surface area contributed by atoms with Gasteiger partial charge in [-0.05, 0) is 48.9 Å². The number of nitrogens with zero attached hydrogens (tertiary/aromatic N) is 1. The van der Waals surface area contributed by atoms with E-state index in [4.69, 9.17) is 14.7 Å². The third kappa shape index (κ3) is 6.53. The minimum absolute atomic E-state index is 0.100. The van der Waals surface area contributed by atoms with E-state index < -0.39 is 17.6 Å². The van der Waals surface area contributed by atoms with Crippen LogP contribution in [0.1, 0.15) is 74.2 Å². The Morgan fingerprint density at radius 3 is 2.34 bits per heavy atom. The van der Waals surface area contributed by atoms with Crippen LogP contribution in [0.15, 0.2) is 36.4 Å². The lowest BCUT2D eigenvalue weighted by Gasteiger charge is -2.28. The molecule has 4 nitrogen and oxygen atoms in total. The molecule has 0 amide bonds. The second-order valence-electron chi connectivity index (χ2n) is 8.48. The lowest BCUT2D eigenvalue weighted by atomic mass is 9.80. The zero-order valence-corrected chi connectivity index (χ0v) is 18.4. The number of benzene rings is 2. The fourth-order valence-corrected chi connectivity index (χ4v) is 4.15. The molecule has 3 rings (SSSR count). The maximum absolute atomic E-state index is 14.5. The summed E-state index contributed by atoms with van der Waals surface area (Å²) in [5, 5.41) is 8.75. The van der Waals surface area contributed by atoms with Crippen molar-refractivity contribution >= 4 is 5.97 Å². The smallest absolute Gasteiger partial charge is 0.346 e. The lowest BCUT2D eigenvalue weighted by Crippen LogP contribution is -2.20. The van der Waals surface area contributed by atoms with Crippen molar-refractivity contribution in [1.82, 2.24) is 0 Å². The predicted octanol–water partition coefficient (Wildman–Crippen LogP) is 6.82. The highest BCUT2D eigenvalue weighted by Crippen LogP contribution is 2.32. The van der Waals surface area contributed by atoms with Crippen LogP contribution in [-0.2, 0) is 0 Å². The maximum atomic E-state index is 14.5. The Morgan fingerprint density at radius 2 is 1.69 bits per heavy atom. The number of hydrogen-bond acceptors (Lipinski definition) is 4. The number of carbonyl (C=O) groups is 1. The molecule has 0 unspecified atom stereocenters. The molecular weight excluding hydrogens is 412 g/mol. The molecule has 0 bridgehead atoms. The number of carbonyl (C=O) groups excluding carboxylic acids is 1. The van der Waals surface area contributed by atoms with Crippen LogP contribution in [0.2, 0.25) is 0 Å². The van der Waals surface area contributed by atoms with Gasteiger partial charge in [0.2, 0.25) is 0 Å². The standard InChI is InChI=1S/C26H29F2NO3/c1-2-3-4-5-18-6-8-19(9-7-18)17-31-21-12-13-23(25(28)14-21)26(30)32-22-11-10-20(16-29)24(27)15-22/h10-15,18-19H,2-9,17H2,1H3. The van der Waals surface area contributed by atoms with E-state index in [0.29, 0.717) is 18.3 Å². The first kappa shape index (κ1) is 23.7. The molecule has 2 aromatic carbocycles. The van der Waals surface area contributed by atoms with Crippen LogP contribution < -0.4 is 9.47 Å². The molecule has 6 heteroatoms. The van der Waals surface area contributed by atoms with E-state index in [1.165, 1.54) is 68.9 Å². The summed E-state index contributed by atoms with van der Waals surface area (Å²) in [5.41, 5.74) is -0.433. The van der Waals surface area contributed by atoms with Gasteiger partial charge in [0.05, 0.1) is 17.7 Å². The Labute approximate surface area is 188 Å². The van der Waals surface area contributed by atoms with E-state index in [0.717, 1.165) is 24.8 Å². The van der Waals surface area contributed by atoms with Gasteiger partial charge in [0.25, 0.3) is 0 Å². The molecule has 1 saturated carbocycles. The first-order valence-corrected chi connectivity index (χ1v) is 11.3. The number of hydrogen-bond donors (Lipinski definition) is 0. The molecule has 32 heavy (non-hydrogen) atoms. The van der Waals surface area contributed by atoms with Crippen LogP contribution in [0.3, 0.4) is 0 Å². The molecule has 0 aliphatic heterocycles. The molecule has 0 aromatic heterocycles. The fourth-order valence-electron chi connectivity index (χ4n) is 4.15. The molecule has 1 aliphatic rings. The Balaban J connectivity index is 1.49. The number of esters is 1. The van der Waals surface area contributed by atoms with Crippen molar-refractivity contribution in [3.8, 4) is 17.6 Å². The number of halogens is 2. The third-order valence-corrected chi connectivity index (χ3v) is 6.10. The number of unbranched alkanes of at least 4 members (excludes halogenated alkanes) is 2. The highest BCUT2D eigenvalue weighted by Gasteiger charge is 2.22. The molecule has 0 atom stereocenters. The van der Waals surface area contributed by atoms with Crippen LogP contribution in [0, 0.1) is 34.8 Å². The van der Waals surface area contributed by atoms with Crippen LogP contribution in [0.25, 0.3) is 0 Å². The third-order valence-electron chi connectivity index (χ3n) is 6.10. The van der Waals surface area contributed by atoms with Crippen molar-refractivity contribution in [3.05, 3.63) is 59.2 Å². The molecule has 1 aliphatic carbocycles. The largest absolute Gasteiger partial charge is 0.493 e. The number of rotatable bonds is 9. The minimum atomic E-state index is -0.945. The topological polar surface area (TPSA) is 59.3 Å². The summed E-state index contributed by atoms with van der Waals surface area (Å²) in [5.74, 6) is -0.954. The number of nitriles is 1. The predicted molar refractivity (Wildman–Crippen MR) is 118 cm³/mol. The minimum Gasteiger partial charge on any atom is -0.493 e. The van der Waals surface area contributed by atoms with Crippen molar-refractivity contribution in [2.75, 3.05) is 6.61 Å². The molecule has 0 radical (unpaired) electrons. The van der Waals surface area contributed by atoms with Gasteiger partial charge in [-0.15, -0.1) is 0 Å². The summed E-state index contributed by atoms with van der Waals surface area (Å²) in [7, 11) is 0. The lowest BCUT2D eigenvalue weighted by molar-refractivity contribution is 0.0729. The van der Waals surface area contributed by atoms with Crippen molar-refractivity contribution in [2.45, 2.75) is 58.3 Å². The molecule has 0 spiro atoms. The Morgan fingerprint density at radius 1 is 1.00 bits per heavy atom. The van der Waals surface area contributed by atoms with Gasteiger partial charge < -0.3 is 9.47 Å². The fraction of sp³-hybridized carbons (Fsp3) is 0.462. The van der Waals surface area contributed by atoms with Gasteiger partial charge in [0.15, 0.2) is 0 Å². The van der Waals surface area contributed by atoms with Crippen LogP contribution in [0.5, 0.6) is 11.5 Å². The summed E-state index contributed by atoms with van der Waals surface area (Å²) in [6.07, 6.45) is 9.91. The molecule has 0 saturated heterocycles. The monoisotopic (exact) mass is 441 g/mol. The van der Waals surface area contributed by atoms with Crippen LogP contribution >= 0.6 is 0 Å². The summed E-state index contributed by atoms with van der Waals surface area (Å²) in [4.78, 5) is 12.3. The highest BCUT2D eigenvalue weighted by molar-refractivity contribution is 5.91. The summed E-state index contributed by atoms with van der Waals surface area (Å²) in [6, 6.07) is 9.10. The summed E-state index contributed by atoms with van der Waals surface area (Å²) in [6.45, 7) is 2.76. The maximum Gasteiger partial charge on any atom is 0.346 e. The average molecular weight is 442 g/mol. The Hall–Kier alpha value is -2.94. The number of ether oxygens (including phenoxy) is 2. The SMILES string of the molecule is CCCCCC1CCC(COc2ccc(C(=O)Oc3ccc(C#N)c(F)c3)c(F)c2)CC1.